The lowest BCUT2D eigenvalue weighted by Crippen LogP contribution is -2.44. The number of rotatable bonds is 5. The van der Waals surface area contributed by atoms with Crippen molar-refractivity contribution >= 4 is 17.5 Å². The molecular weight excluding hydrogens is 298 g/mol. The average molecular weight is 313 g/mol. The minimum absolute atomic E-state index is 0.160. The van der Waals surface area contributed by atoms with Crippen molar-refractivity contribution < 1.29 is 14.0 Å². The Balaban J connectivity index is 1.57. The van der Waals surface area contributed by atoms with E-state index >= 15 is 0 Å². The first-order valence-corrected chi connectivity index (χ1v) is 7.06. The topological polar surface area (TPSA) is 102 Å². The predicted molar refractivity (Wildman–Crippen MR) is 80.5 cm³/mol. The summed E-state index contributed by atoms with van der Waals surface area (Å²) in [5.74, 6) is 0.00905. The molecule has 0 saturated heterocycles. The van der Waals surface area contributed by atoms with E-state index in [-0.39, 0.29) is 18.2 Å². The first kappa shape index (κ1) is 14.8. The van der Waals surface area contributed by atoms with E-state index in [9.17, 15) is 9.59 Å². The summed E-state index contributed by atoms with van der Waals surface area (Å²) in [7, 11) is 0. The summed E-state index contributed by atoms with van der Waals surface area (Å²) in [4.78, 5) is 23.9. The Labute approximate surface area is 131 Å². The molecule has 0 aromatic carbocycles. The molecule has 0 unspecified atom stereocenters. The average Bonchev–Trinajstić information content (AvgIpc) is 3.22. The normalized spacial score (nSPS) is 12.0. The summed E-state index contributed by atoms with van der Waals surface area (Å²) in [5, 5.41) is 13.3. The van der Waals surface area contributed by atoms with E-state index in [1.807, 2.05) is 24.4 Å². The Bertz CT molecular complexity index is 825. The Kier molecular flexibility index (Phi) is 4.05. The number of furan rings is 1. The Morgan fingerprint density at radius 2 is 2.13 bits per heavy atom. The second-order valence-corrected chi connectivity index (χ2v) is 4.94. The number of carbonyl (C=O) groups is 2. The van der Waals surface area contributed by atoms with Gasteiger partial charge in [-0.15, -0.1) is 10.2 Å². The zero-order chi connectivity index (χ0) is 16.2. The second kappa shape index (κ2) is 6.30. The minimum atomic E-state index is -0.702. The maximum absolute atomic E-state index is 12.1. The van der Waals surface area contributed by atoms with E-state index in [2.05, 4.69) is 20.8 Å². The van der Waals surface area contributed by atoms with Crippen LogP contribution in [0.1, 0.15) is 23.3 Å². The maximum Gasteiger partial charge on any atom is 0.287 e. The Morgan fingerprint density at radius 1 is 1.26 bits per heavy atom. The van der Waals surface area contributed by atoms with Gasteiger partial charge in [-0.2, -0.15) is 0 Å². The maximum atomic E-state index is 12.1. The number of nitrogens with one attached hydrogen (secondary N) is 2. The lowest BCUT2D eigenvalue weighted by atomic mass is 10.3. The number of carbonyl (C=O) groups excluding carboxylic acids is 2. The van der Waals surface area contributed by atoms with Crippen LogP contribution < -0.4 is 10.6 Å². The van der Waals surface area contributed by atoms with Crippen LogP contribution in [0.2, 0.25) is 0 Å². The van der Waals surface area contributed by atoms with Crippen molar-refractivity contribution in [1.29, 1.82) is 0 Å². The van der Waals surface area contributed by atoms with Crippen LogP contribution >= 0.6 is 0 Å². The molecule has 8 nitrogen and oxygen atoms in total. The van der Waals surface area contributed by atoms with E-state index < -0.39 is 11.9 Å². The van der Waals surface area contributed by atoms with Gasteiger partial charge in [0.1, 0.15) is 6.04 Å². The number of fused-ring (bicyclic) bond motifs is 1. The van der Waals surface area contributed by atoms with Crippen LogP contribution in [0, 0.1) is 0 Å². The van der Waals surface area contributed by atoms with Gasteiger partial charge in [-0.1, -0.05) is 6.07 Å². The lowest BCUT2D eigenvalue weighted by molar-refractivity contribution is -0.122. The molecule has 0 spiro atoms. The first-order valence-electron chi connectivity index (χ1n) is 7.06. The number of nitrogens with zero attached hydrogens (tertiary/aromatic N) is 3. The van der Waals surface area contributed by atoms with E-state index in [1.54, 1.807) is 17.4 Å². The van der Waals surface area contributed by atoms with Crippen LogP contribution in [0.4, 0.5) is 0 Å². The highest BCUT2D eigenvalue weighted by Gasteiger charge is 2.18. The van der Waals surface area contributed by atoms with Crippen LogP contribution in [-0.2, 0) is 11.3 Å². The molecule has 23 heavy (non-hydrogen) atoms. The minimum Gasteiger partial charge on any atom is -0.459 e. The van der Waals surface area contributed by atoms with Crippen molar-refractivity contribution in [2.75, 3.05) is 0 Å². The Morgan fingerprint density at radius 3 is 2.91 bits per heavy atom. The largest absolute Gasteiger partial charge is 0.459 e. The molecule has 0 saturated carbocycles. The van der Waals surface area contributed by atoms with Gasteiger partial charge >= 0.3 is 0 Å². The molecule has 3 aromatic rings. The molecule has 3 rings (SSSR count). The quantitative estimate of drug-likeness (QED) is 0.724. The molecule has 0 aliphatic carbocycles. The van der Waals surface area contributed by atoms with E-state index in [0.717, 1.165) is 0 Å². The highest BCUT2D eigenvalue weighted by molar-refractivity contribution is 5.95. The summed E-state index contributed by atoms with van der Waals surface area (Å²) >= 11 is 0. The van der Waals surface area contributed by atoms with Crippen molar-refractivity contribution in [3.63, 3.8) is 0 Å². The summed E-state index contributed by atoms with van der Waals surface area (Å²) in [6.07, 6.45) is 3.22. The van der Waals surface area contributed by atoms with Gasteiger partial charge < -0.3 is 15.1 Å². The number of pyridine rings is 1. The molecule has 0 fully saturated rings. The zero-order valence-electron chi connectivity index (χ0n) is 12.4. The second-order valence-electron chi connectivity index (χ2n) is 4.94. The molecule has 0 aliphatic heterocycles. The van der Waals surface area contributed by atoms with Crippen LogP contribution in [0.3, 0.4) is 0 Å². The van der Waals surface area contributed by atoms with Gasteiger partial charge in [-0.25, -0.2) is 0 Å². The van der Waals surface area contributed by atoms with Gasteiger partial charge in [-0.3, -0.25) is 14.0 Å². The molecule has 118 valence electrons. The molecule has 3 heterocycles. The highest BCUT2D eigenvalue weighted by Crippen LogP contribution is 2.03. The monoisotopic (exact) mass is 313 g/mol. The zero-order valence-corrected chi connectivity index (χ0v) is 12.4. The summed E-state index contributed by atoms with van der Waals surface area (Å²) in [6, 6.07) is 7.97. The van der Waals surface area contributed by atoms with Crippen LogP contribution in [0.25, 0.3) is 5.65 Å². The fourth-order valence-electron chi connectivity index (χ4n) is 2.07. The molecule has 8 heteroatoms. The molecule has 0 radical (unpaired) electrons. The third kappa shape index (κ3) is 3.20. The fourth-order valence-corrected chi connectivity index (χ4v) is 2.07. The van der Waals surface area contributed by atoms with Crippen molar-refractivity contribution in [2.45, 2.75) is 19.5 Å². The van der Waals surface area contributed by atoms with Gasteiger partial charge in [0, 0.05) is 6.20 Å². The van der Waals surface area contributed by atoms with E-state index in [0.29, 0.717) is 11.5 Å². The van der Waals surface area contributed by atoms with Crippen molar-refractivity contribution in [2.24, 2.45) is 0 Å². The lowest BCUT2D eigenvalue weighted by Gasteiger charge is -2.12. The van der Waals surface area contributed by atoms with Crippen LogP contribution in [0.15, 0.2) is 47.2 Å². The van der Waals surface area contributed by atoms with Gasteiger partial charge in [0.05, 0.1) is 12.8 Å². The highest BCUT2D eigenvalue weighted by atomic mass is 16.3. The van der Waals surface area contributed by atoms with Gasteiger partial charge in [0.15, 0.2) is 17.2 Å². The number of hydrogen-bond acceptors (Lipinski definition) is 5. The fraction of sp³-hybridized carbons (Fsp3) is 0.200. The third-order valence-electron chi connectivity index (χ3n) is 3.29. The number of aromatic nitrogens is 3. The Hall–Kier alpha value is -3.16. The van der Waals surface area contributed by atoms with Crippen molar-refractivity contribution in [3.8, 4) is 0 Å². The summed E-state index contributed by atoms with van der Waals surface area (Å²) in [6.45, 7) is 1.81. The predicted octanol–water partition coefficient (Wildman–Crippen LogP) is 0.757. The molecule has 1 atom stereocenters. The van der Waals surface area contributed by atoms with Crippen molar-refractivity contribution in [1.82, 2.24) is 25.2 Å². The molecule has 2 amide bonds. The molecule has 0 aliphatic rings. The molecule has 3 aromatic heterocycles. The molecule has 2 N–H and O–H groups in total. The molecule has 0 bridgehead atoms. The SMILES string of the molecule is C[C@@H](NC(=O)c1ccco1)C(=O)NCc1nnc2ccccn12. The third-order valence-corrected chi connectivity index (χ3v) is 3.29. The van der Waals surface area contributed by atoms with E-state index in [4.69, 9.17) is 4.42 Å². The number of amides is 2. The van der Waals surface area contributed by atoms with Gasteiger partial charge in [0.2, 0.25) is 5.91 Å². The van der Waals surface area contributed by atoms with Crippen LogP contribution in [-0.4, -0.2) is 32.5 Å². The van der Waals surface area contributed by atoms with Crippen LogP contribution in [0.5, 0.6) is 0 Å². The van der Waals surface area contributed by atoms with Gasteiger partial charge in [-0.05, 0) is 31.2 Å². The van der Waals surface area contributed by atoms with Crippen molar-refractivity contribution in [3.05, 3.63) is 54.4 Å². The smallest absolute Gasteiger partial charge is 0.287 e. The number of hydrogen-bond donors (Lipinski definition) is 2. The van der Waals surface area contributed by atoms with Gasteiger partial charge in [0.25, 0.3) is 5.91 Å². The summed E-state index contributed by atoms with van der Waals surface area (Å²) in [5.41, 5.74) is 0.705. The standard InChI is InChI=1S/C15H15N5O3/c1-10(17-15(22)11-5-4-8-23-11)14(21)16-9-13-19-18-12-6-2-3-7-20(12)13/h2-8,10H,9H2,1H3,(H,16,21)(H,17,22)/t10-/m1/s1. The summed E-state index contributed by atoms with van der Waals surface area (Å²) < 4.78 is 6.76. The molecular formula is C15H15N5O3. The first-order chi connectivity index (χ1) is 11.1. The van der Waals surface area contributed by atoms with E-state index in [1.165, 1.54) is 12.3 Å².